The van der Waals surface area contributed by atoms with Crippen molar-refractivity contribution in [2.24, 2.45) is 0 Å². The monoisotopic (exact) mass is 404 g/mol. The number of imide groups is 1. The summed E-state index contributed by atoms with van der Waals surface area (Å²) >= 11 is 0. The van der Waals surface area contributed by atoms with Gasteiger partial charge in [0.05, 0.1) is 12.1 Å². The van der Waals surface area contributed by atoms with Crippen molar-refractivity contribution in [2.75, 3.05) is 20.6 Å². The normalized spacial score (nSPS) is 18.9. The van der Waals surface area contributed by atoms with Crippen molar-refractivity contribution in [3.63, 3.8) is 0 Å². The molecule has 1 aromatic heterocycles. The van der Waals surface area contributed by atoms with Gasteiger partial charge < -0.3 is 10.1 Å². The Morgan fingerprint density at radius 2 is 1.83 bits per heavy atom. The van der Waals surface area contributed by atoms with Crippen molar-refractivity contribution in [1.29, 1.82) is 0 Å². The minimum atomic E-state index is -0.967. The smallest absolute Gasteiger partial charge is 0.321 e. The number of carbonyl (C=O) groups excluding carboxylic acids is 2. The molecule has 0 bridgehead atoms. The van der Waals surface area contributed by atoms with Crippen molar-refractivity contribution in [2.45, 2.75) is 19.1 Å². The quantitative estimate of drug-likeness (QED) is 0.683. The number of nitrogens with one attached hydrogen (secondary N) is 2. The van der Waals surface area contributed by atoms with Crippen LogP contribution in [-0.4, -0.2) is 42.5 Å². The highest BCUT2D eigenvalue weighted by atomic mass is 16.5. The number of ether oxygens (including phenoxy) is 1. The second-order valence-electron chi connectivity index (χ2n) is 7.64. The van der Waals surface area contributed by atoms with Gasteiger partial charge in [0.1, 0.15) is 17.9 Å². The fourth-order valence-corrected chi connectivity index (χ4v) is 3.89. The van der Waals surface area contributed by atoms with Crippen LogP contribution in [0.3, 0.4) is 0 Å². The number of aromatic nitrogens is 1. The third kappa shape index (κ3) is 3.48. The van der Waals surface area contributed by atoms with Gasteiger partial charge >= 0.3 is 6.03 Å². The van der Waals surface area contributed by atoms with E-state index in [0.29, 0.717) is 12.4 Å². The van der Waals surface area contributed by atoms with E-state index in [1.807, 2.05) is 80.5 Å². The molecule has 7 nitrogen and oxygen atoms in total. The van der Waals surface area contributed by atoms with Gasteiger partial charge in [-0.05, 0) is 50.8 Å². The molecule has 0 aliphatic carbocycles. The summed E-state index contributed by atoms with van der Waals surface area (Å²) in [7, 11) is 3.64. The maximum Gasteiger partial charge on any atom is 0.321 e. The maximum atomic E-state index is 12.7. The zero-order valence-corrected chi connectivity index (χ0v) is 17.2. The number of rotatable bonds is 5. The molecule has 1 fully saturated rings. The van der Waals surface area contributed by atoms with Crippen molar-refractivity contribution in [3.8, 4) is 5.75 Å². The molecular formula is C23H24N4O3. The minimum Gasteiger partial charge on any atom is -0.489 e. The zero-order chi connectivity index (χ0) is 21.3. The molecule has 0 radical (unpaired) electrons. The Balaban J connectivity index is 1.56. The van der Waals surface area contributed by atoms with Gasteiger partial charge in [0.25, 0.3) is 5.91 Å². The summed E-state index contributed by atoms with van der Waals surface area (Å²) in [5.41, 5.74) is 2.78. The number of likely N-dealkylation sites (N-methyl/N-ethyl adjacent to an activating group) is 1. The molecule has 4 rings (SSSR count). The molecule has 1 saturated heterocycles. The van der Waals surface area contributed by atoms with E-state index in [4.69, 9.17) is 4.74 Å². The number of hydrogen-bond donors (Lipinski definition) is 2. The van der Waals surface area contributed by atoms with E-state index in [0.717, 1.165) is 27.7 Å². The van der Waals surface area contributed by atoms with Gasteiger partial charge in [-0.1, -0.05) is 30.3 Å². The number of benzene rings is 2. The van der Waals surface area contributed by atoms with Gasteiger partial charge in [0.15, 0.2) is 0 Å². The number of hydrogen-bond acceptors (Lipinski definition) is 5. The van der Waals surface area contributed by atoms with Gasteiger partial charge in [-0.15, -0.1) is 0 Å². The van der Waals surface area contributed by atoms with Crippen LogP contribution >= 0.6 is 0 Å². The molecule has 1 aliphatic heterocycles. The first-order valence-electron chi connectivity index (χ1n) is 9.75. The van der Waals surface area contributed by atoms with Gasteiger partial charge in [-0.2, -0.15) is 0 Å². The summed E-state index contributed by atoms with van der Waals surface area (Å²) in [4.78, 5) is 30.6. The second-order valence-corrected chi connectivity index (χ2v) is 7.64. The van der Waals surface area contributed by atoms with Crippen LogP contribution < -0.4 is 15.4 Å². The molecule has 0 spiro atoms. The topological polar surface area (TPSA) is 83.6 Å². The lowest BCUT2D eigenvalue weighted by molar-refractivity contribution is -0.132. The maximum absolute atomic E-state index is 12.7. The van der Waals surface area contributed by atoms with Crippen molar-refractivity contribution in [3.05, 3.63) is 71.4 Å². The molecule has 2 N–H and O–H groups in total. The number of nitrogens with zero attached hydrogens (tertiary/aromatic N) is 2. The Morgan fingerprint density at radius 1 is 1.10 bits per heavy atom. The average molecular weight is 404 g/mol. The largest absolute Gasteiger partial charge is 0.489 e. The fraction of sp³-hybridized carbons (Fsp3) is 0.261. The first-order valence-corrected chi connectivity index (χ1v) is 9.75. The lowest BCUT2D eigenvalue weighted by Crippen LogP contribution is -2.66. The van der Waals surface area contributed by atoms with Gasteiger partial charge in [-0.3, -0.25) is 20.0 Å². The van der Waals surface area contributed by atoms with Crippen LogP contribution in [0.25, 0.3) is 10.9 Å². The summed E-state index contributed by atoms with van der Waals surface area (Å²) in [6.07, 6.45) is 0. The Labute approximate surface area is 175 Å². The summed E-state index contributed by atoms with van der Waals surface area (Å²) in [5, 5.41) is 6.15. The van der Waals surface area contributed by atoms with Gasteiger partial charge in [0, 0.05) is 16.6 Å². The number of para-hydroxylation sites is 1. The molecule has 3 aromatic rings. The lowest BCUT2D eigenvalue weighted by atomic mass is 9.86. The van der Waals surface area contributed by atoms with E-state index >= 15 is 0 Å². The van der Waals surface area contributed by atoms with Crippen LogP contribution in [0.2, 0.25) is 0 Å². The first kappa shape index (κ1) is 19.8. The Morgan fingerprint density at radius 3 is 2.53 bits per heavy atom. The SMILES string of the molecule is Cc1cc(COc2ccc([C@]3(N(C)C)CNC(=O)NC3=O)cc2)c2ccccc2n1. The standard InChI is InChI=1S/C23H24N4O3/c1-15-12-16(19-6-4-5-7-20(19)25-15)13-30-18-10-8-17(9-11-18)23(27(2)3)14-24-22(29)26-21(23)28/h4-12H,13-14H2,1-3H3,(H2,24,26,28,29)/t23-/m1/s1. The molecule has 0 unspecified atom stereocenters. The number of aryl methyl sites for hydroxylation is 1. The van der Waals surface area contributed by atoms with E-state index in [1.165, 1.54) is 0 Å². The van der Waals surface area contributed by atoms with Crippen molar-refractivity contribution < 1.29 is 14.3 Å². The van der Waals surface area contributed by atoms with E-state index < -0.39 is 11.6 Å². The molecule has 0 saturated carbocycles. The second kappa shape index (κ2) is 7.76. The van der Waals surface area contributed by atoms with E-state index in [-0.39, 0.29) is 12.5 Å². The highest BCUT2D eigenvalue weighted by Gasteiger charge is 2.46. The molecule has 7 heteroatoms. The number of pyridine rings is 1. The third-order valence-electron chi connectivity index (χ3n) is 5.53. The van der Waals surface area contributed by atoms with Crippen LogP contribution in [-0.2, 0) is 16.9 Å². The van der Waals surface area contributed by atoms with Crippen molar-refractivity contribution >= 4 is 22.8 Å². The predicted octanol–water partition coefficient (Wildman–Crippen LogP) is 2.72. The summed E-state index contributed by atoms with van der Waals surface area (Å²) < 4.78 is 6.02. The van der Waals surface area contributed by atoms with Crippen LogP contribution in [0.5, 0.6) is 5.75 Å². The molecule has 1 aliphatic rings. The molecule has 2 aromatic carbocycles. The van der Waals surface area contributed by atoms with Gasteiger partial charge in [0.2, 0.25) is 0 Å². The molecular weight excluding hydrogens is 380 g/mol. The number of amides is 3. The van der Waals surface area contributed by atoms with Gasteiger partial charge in [-0.25, -0.2) is 4.79 Å². The number of fused-ring (bicyclic) bond motifs is 1. The molecule has 30 heavy (non-hydrogen) atoms. The first-order chi connectivity index (χ1) is 14.4. The van der Waals surface area contributed by atoms with Crippen LogP contribution in [0.1, 0.15) is 16.8 Å². The summed E-state index contributed by atoms with van der Waals surface area (Å²) in [6.45, 7) is 2.59. The highest BCUT2D eigenvalue weighted by molar-refractivity contribution is 6.02. The highest BCUT2D eigenvalue weighted by Crippen LogP contribution is 2.30. The summed E-state index contributed by atoms with van der Waals surface area (Å²) in [5.74, 6) is 0.357. The van der Waals surface area contributed by atoms with E-state index in [9.17, 15) is 9.59 Å². The Kier molecular flexibility index (Phi) is 5.13. The number of carbonyl (C=O) groups is 2. The minimum absolute atomic E-state index is 0.202. The Hall–Kier alpha value is -3.45. The van der Waals surface area contributed by atoms with Crippen LogP contribution in [0.15, 0.2) is 54.6 Å². The predicted molar refractivity (Wildman–Crippen MR) is 114 cm³/mol. The molecule has 1 atom stereocenters. The van der Waals surface area contributed by atoms with Crippen molar-refractivity contribution in [1.82, 2.24) is 20.5 Å². The fourth-order valence-electron chi connectivity index (χ4n) is 3.89. The number of urea groups is 1. The van der Waals surface area contributed by atoms with E-state index in [1.54, 1.807) is 0 Å². The van der Waals surface area contributed by atoms with Crippen LogP contribution in [0, 0.1) is 6.92 Å². The third-order valence-corrected chi connectivity index (χ3v) is 5.53. The van der Waals surface area contributed by atoms with E-state index in [2.05, 4.69) is 15.6 Å². The van der Waals surface area contributed by atoms with Crippen LogP contribution in [0.4, 0.5) is 4.79 Å². The molecule has 154 valence electrons. The molecule has 2 heterocycles. The lowest BCUT2D eigenvalue weighted by Gasteiger charge is -2.41. The average Bonchev–Trinajstić information content (AvgIpc) is 2.72. The summed E-state index contributed by atoms with van der Waals surface area (Å²) in [6, 6.07) is 17.0. The Bertz CT molecular complexity index is 1110. The molecule has 3 amide bonds. The zero-order valence-electron chi connectivity index (χ0n) is 17.2.